The SMILES string of the molecule is CN1CC(CN)CC1c1cc2c(cc1Br)OCC(C)(C)CO2. The molecule has 0 saturated carbocycles. The lowest BCUT2D eigenvalue weighted by atomic mass is 9.97. The maximum Gasteiger partial charge on any atom is 0.162 e. The van der Waals surface area contributed by atoms with E-state index in [2.05, 4.69) is 53.9 Å². The first-order chi connectivity index (χ1) is 10.4. The standard InChI is InChI=1S/C17H25BrN2O2/c1-17(2)9-21-15-5-12(13(18)6-16(15)22-10-17)14-4-11(7-19)8-20(14)3/h5-6,11,14H,4,7-10,19H2,1-3H3. The zero-order valence-electron chi connectivity index (χ0n) is 13.6. The molecule has 1 saturated heterocycles. The predicted octanol–water partition coefficient (Wildman–Crippen LogP) is 3.20. The highest BCUT2D eigenvalue weighted by atomic mass is 79.9. The molecule has 4 nitrogen and oxygen atoms in total. The Kier molecular flexibility index (Phi) is 4.40. The number of hydrogen-bond acceptors (Lipinski definition) is 4. The number of halogens is 1. The number of rotatable bonds is 2. The third-order valence-corrected chi connectivity index (χ3v) is 5.31. The van der Waals surface area contributed by atoms with Crippen molar-refractivity contribution >= 4 is 15.9 Å². The molecule has 5 heteroatoms. The molecule has 2 N–H and O–H groups in total. The van der Waals surface area contributed by atoms with E-state index in [1.54, 1.807) is 0 Å². The van der Waals surface area contributed by atoms with Gasteiger partial charge < -0.3 is 15.2 Å². The van der Waals surface area contributed by atoms with Gasteiger partial charge in [0.05, 0.1) is 13.2 Å². The van der Waals surface area contributed by atoms with E-state index < -0.39 is 0 Å². The minimum atomic E-state index is 0.0282. The summed E-state index contributed by atoms with van der Waals surface area (Å²) in [6.45, 7) is 7.46. The van der Waals surface area contributed by atoms with E-state index in [0.29, 0.717) is 25.2 Å². The molecule has 3 rings (SSSR count). The smallest absolute Gasteiger partial charge is 0.162 e. The first-order valence-corrected chi connectivity index (χ1v) is 8.68. The molecule has 0 radical (unpaired) electrons. The van der Waals surface area contributed by atoms with Gasteiger partial charge in [-0.25, -0.2) is 0 Å². The molecule has 0 amide bonds. The molecule has 1 aromatic rings. The Hall–Kier alpha value is -0.780. The third-order valence-electron chi connectivity index (χ3n) is 4.63. The maximum absolute atomic E-state index is 6.02. The summed E-state index contributed by atoms with van der Waals surface area (Å²) in [5.41, 5.74) is 7.15. The van der Waals surface area contributed by atoms with E-state index in [1.807, 2.05) is 0 Å². The summed E-state index contributed by atoms with van der Waals surface area (Å²) in [4.78, 5) is 2.38. The van der Waals surface area contributed by atoms with E-state index in [9.17, 15) is 0 Å². The van der Waals surface area contributed by atoms with Crippen LogP contribution in [0.3, 0.4) is 0 Å². The molecule has 1 fully saturated rings. The quantitative estimate of drug-likeness (QED) is 0.870. The van der Waals surface area contributed by atoms with Crippen LogP contribution in [0.1, 0.15) is 31.9 Å². The van der Waals surface area contributed by atoms with Crippen molar-refractivity contribution in [3.05, 3.63) is 22.2 Å². The van der Waals surface area contributed by atoms with Gasteiger partial charge in [0.2, 0.25) is 0 Å². The predicted molar refractivity (Wildman–Crippen MR) is 91.4 cm³/mol. The molecule has 0 aromatic heterocycles. The summed E-state index contributed by atoms with van der Waals surface area (Å²) < 4.78 is 13.0. The van der Waals surface area contributed by atoms with Crippen LogP contribution in [-0.2, 0) is 0 Å². The molecule has 122 valence electrons. The van der Waals surface area contributed by atoms with Gasteiger partial charge in [-0.1, -0.05) is 29.8 Å². The van der Waals surface area contributed by atoms with Crippen molar-refractivity contribution in [2.75, 3.05) is 33.4 Å². The molecule has 0 aliphatic carbocycles. The van der Waals surface area contributed by atoms with Crippen LogP contribution in [0.4, 0.5) is 0 Å². The highest BCUT2D eigenvalue weighted by Gasteiger charge is 2.33. The van der Waals surface area contributed by atoms with Crippen molar-refractivity contribution in [1.82, 2.24) is 4.90 Å². The van der Waals surface area contributed by atoms with Gasteiger partial charge >= 0.3 is 0 Å². The fourth-order valence-electron chi connectivity index (χ4n) is 3.26. The van der Waals surface area contributed by atoms with Crippen molar-refractivity contribution < 1.29 is 9.47 Å². The van der Waals surface area contributed by atoms with Crippen LogP contribution in [0.2, 0.25) is 0 Å². The Morgan fingerprint density at radius 2 is 1.91 bits per heavy atom. The molecular formula is C17H25BrN2O2. The van der Waals surface area contributed by atoms with Gasteiger partial charge in [-0.05, 0) is 43.6 Å². The van der Waals surface area contributed by atoms with Gasteiger partial charge in [0, 0.05) is 22.5 Å². The van der Waals surface area contributed by atoms with Crippen molar-refractivity contribution in [2.24, 2.45) is 17.1 Å². The van der Waals surface area contributed by atoms with Crippen LogP contribution in [0.15, 0.2) is 16.6 Å². The minimum Gasteiger partial charge on any atom is -0.489 e. The number of likely N-dealkylation sites (tertiary alicyclic amines) is 1. The van der Waals surface area contributed by atoms with Crippen LogP contribution >= 0.6 is 15.9 Å². The van der Waals surface area contributed by atoms with E-state index in [-0.39, 0.29) is 5.41 Å². The van der Waals surface area contributed by atoms with Gasteiger partial charge in [-0.15, -0.1) is 0 Å². The molecule has 0 spiro atoms. The molecule has 22 heavy (non-hydrogen) atoms. The zero-order valence-corrected chi connectivity index (χ0v) is 15.1. The number of fused-ring (bicyclic) bond motifs is 1. The highest BCUT2D eigenvalue weighted by Crippen LogP contribution is 2.43. The molecule has 0 bridgehead atoms. The monoisotopic (exact) mass is 368 g/mol. The Bertz CT molecular complexity index is 562. The lowest BCUT2D eigenvalue weighted by Gasteiger charge is -2.22. The van der Waals surface area contributed by atoms with Gasteiger partial charge in [-0.2, -0.15) is 0 Å². The van der Waals surface area contributed by atoms with E-state index in [0.717, 1.165) is 35.5 Å². The lowest BCUT2D eigenvalue weighted by molar-refractivity contribution is 0.140. The summed E-state index contributed by atoms with van der Waals surface area (Å²) in [5.74, 6) is 2.25. The summed E-state index contributed by atoms with van der Waals surface area (Å²) in [5, 5.41) is 0. The maximum atomic E-state index is 6.02. The summed E-state index contributed by atoms with van der Waals surface area (Å²) in [6.07, 6.45) is 1.09. The minimum absolute atomic E-state index is 0.0282. The van der Waals surface area contributed by atoms with Crippen molar-refractivity contribution in [1.29, 1.82) is 0 Å². The van der Waals surface area contributed by atoms with Gasteiger partial charge in [-0.3, -0.25) is 4.90 Å². The average molecular weight is 369 g/mol. The normalized spacial score (nSPS) is 27.7. The number of nitrogens with zero attached hydrogens (tertiary/aromatic N) is 1. The van der Waals surface area contributed by atoms with Crippen LogP contribution in [0.25, 0.3) is 0 Å². The van der Waals surface area contributed by atoms with Gasteiger partial charge in [0.15, 0.2) is 11.5 Å². The first kappa shape index (κ1) is 16.1. The summed E-state index contributed by atoms with van der Waals surface area (Å²) in [7, 11) is 2.17. The number of nitrogens with two attached hydrogens (primary N) is 1. The van der Waals surface area contributed by atoms with Crippen molar-refractivity contribution in [3.63, 3.8) is 0 Å². The average Bonchev–Trinajstić information content (AvgIpc) is 2.77. The van der Waals surface area contributed by atoms with Crippen LogP contribution in [0, 0.1) is 11.3 Å². The Balaban J connectivity index is 1.90. The number of ether oxygens (including phenoxy) is 2. The van der Waals surface area contributed by atoms with E-state index in [4.69, 9.17) is 15.2 Å². The largest absolute Gasteiger partial charge is 0.489 e. The Morgan fingerprint density at radius 3 is 2.50 bits per heavy atom. The third kappa shape index (κ3) is 3.12. The molecule has 2 atom stereocenters. The zero-order chi connectivity index (χ0) is 15.9. The molecule has 2 heterocycles. The molecule has 1 aromatic carbocycles. The number of benzene rings is 1. The Labute approximate surface area is 141 Å². The van der Waals surface area contributed by atoms with Gasteiger partial charge in [0.25, 0.3) is 0 Å². The number of hydrogen-bond donors (Lipinski definition) is 1. The summed E-state index contributed by atoms with van der Waals surface area (Å²) >= 11 is 3.72. The molecular weight excluding hydrogens is 344 g/mol. The van der Waals surface area contributed by atoms with Crippen LogP contribution < -0.4 is 15.2 Å². The second-order valence-electron chi connectivity index (χ2n) is 7.35. The van der Waals surface area contributed by atoms with Crippen LogP contribution in [-0.4, -0.2) is 38.3 Å². The van der Waals surface area contributed by atoms with E-state index in [1.165, 1.54) is 5.56 Å². The van der Waals surface area contributed by atoms with Crippen LogP contribution in [0.5, 0.6) is 11.5 Å². The topological polar surface area (TPSA) is 47.7 Å². The fraction of sp³-hybridized carbons (Fsp3) is 0.647. The first-order valence-electron chi connectivity index (χ1n) is 7.89. The van der Waals surface area contributed by atoms with Crippen molar-refractivity contribution in [2.45, 2.75) is 26.3 Å². The lowest BCUT2D eigenvalue weighted by Crippen LogP contribution is -2.26. The molecule has 2 aliphatic heterocycles. The molecule has 2 aliphatic rings. The fourth-order valence-corrected chi connectivity index (χ4v) is 3.85. The highest BCUT2D eigenvalue weighted by molar-refractivity contribution is 9.10. The van der Waals surface area contributed by atoms with E-state index >= 15 is 0 Å². The summed E-state index contributed by atoms with van der Waals surface area (Å²) in [6, 6.07) is 4.57. The van der Waals surface area contributed by atoms with Gasteiger partial charge in [0.1, 0.15) is 0 Å². The second kappa shape index (κ2) is 6.02. The molecule has 2 unspecified atom stereocenters. The second-order valence-corrected chi connectivity index (χ2v) is 8.21. The van der Waals surface area contributed by atoms with Crippen molar-refractivity contribution in [3.8, 4) is 11.5 Å². The Morgan fingerprint density at radius 1 is 1.27 bits per heavy atom.